The number of aryl methyl sites for hydroxylation is 1. The number of amidine groups is 1. The number of anilines is 1. The second kappa shape index (κ2) is 3.31. The fourth-order valence-corrected chi connectivity index (χ4v) is 2.47. The maximum Gasteiger partial charge on any atom is 0.372 e. The summed E-state index contributed by atoms with van der Waals surface area (Å²) >= 11 is 0. The highest BCUT2D eigenvalue weighted by molar-refractivity contribution is 7.90. The van der Waals surface area contributed by atoms with Gasteiger partial charge in [0.2, 0.25) is 5.84 Å². The smallest absolute Gasteiger partial charge is 0.372 e. The summed E-state index contributed by atoms with van der Waals surface area (Å²) in [7, 11) is -3.91. The summed E-state index contributed by atoms with van der Waals surface area (Å²) in [6.45, 7) is 1.78. The van der Waals surface area contributed by atoms with Gasteiger partial charge in [-0.1, -0.05) is 6.07 Å². The largest absolute Gasteiger partial charge is 0.475 e. The molecule has 0 fully saturated rings. The SMILES string of the molecule is Cc1ccc2c(c1)NC(C(=O)O)=NS2(=O)=O. The molecule has 0 aromatic heterocycles. The number of rotatable bonds is 1. The van der Waals surface area contributed by atoms with Crippen LogP contribution in [-0.4, -0.2) is 25.3 Å². The normalized spacial score (nSPS) is 16.9. The molecular formula is C9H8N2O4S. The first kappa shape index (κ1) is 10.6. The van der Waals surface area contributed by atoms with Crippen molar-refractivity contribution in [3.05, 3.63) is 23.8 Å². The van der Waals surface area contributed by atoms with E-state index in [1.165, 1.54) is 6.07 Å². The van der Waals surface area contributed by atoms with E-state index in [9.17, 15) is 13.2 Å². The zero-order chi connectivity index (χ0) is 11.9. The van der Waals surface area contributed by atoms with Crippen LogP contribution in [0.5, 0.6) is 0 Å². The molecule has 2 N–H and O–H groups in total. The van der Waals surface area contributed by atoms with Gasteiger partial charge >= 0.3 is 5.97 Å². The molecule has 1 aromatic rings. The van der Waals surface area contributed by atoms with Crippen molar-refractivity contribution >= 4 is 27.5 Å². The van der Waals surface area contributed by atoms with Gasteiger partial charge in [-0.2, -0.15) is 8.42 Å². The number of hydrogen-bond donors (Lipinski definition) is 2. The van der Waals surface area contributed by atoms with Crippen molar-refractivity contribution in [2.24, 2.45) is 4.40 Å². The second-order valence-corrected chi connectivity index (χ2v) is 4.92. The van der Waals surface area contributed by atoms with Crippen molar-refractivity contribution in [1.82, 2.24) is 0 Å². The van der Waals surface area contributed by atoms with Crippen molar-refractivity contribution < 1.29 is 18.3 Å². The van der Waals surface area contributed by atoms with Gasteiger partial charge in [0.25, 0.3) is 10.0 Å². The molecule has 84 valence electrons. The Labute approximate surface area is 91.7 Å². The van der Waals surface area contributed by atoms with E-state index in [-0.39, 0.29) is 10.6 Å². The molecule has 0 atom stereocenters. The molecule has 0 amide bonds. The fraction of sp³-hybridized carbons (Fsp3) is 0.111. The Bertz CT molecular complexity index is 604. The minimum absolute atomic E-state index is 0.0110. The van der Waals surface area contributed by atoms with E-state index < -0.39 is 21.8 Å². The lowest BCUT2D eigenvalue weighted by Crippen LogP contribution is -2.28. The highest BCUT2D eigenvalue weighted by atomic mass is 32.2. The molecule has 0 bridgehead atoms. The molecule has 7 heteroatoms. The predicted molar refractivity (Wildman–Crippen MR) is 57.1 cm³/mol. The van der Waals surface area contributed by atoms with Crippen LogP contribution in [-0.2, 0) is 14.8 Å². The number of nitrogens with one attached hydrogen (secondary N) is 1. The van der Waals surface area contributed by atoms with E-state index >= 15 is 0 Å². The molecule has 2 rings (SSSR count). The van der Waals surface area contributed by atoms with Crippen LogP contribution in [0.2, 0.25) is 0 Å². The number of benzene rings is 1. The van der Waals surface area contributed by atoms with E-state index in [4.69, 9.17) is 5.11 Å². The molecule has 16 heavy (non-hydrogen) atoms. The highest BCUT2D eigenvalue weighted by Gasteiger charge is 2.27. The Hall–Kier alpha value is -1.89. The Morgan fingerprint density at radius 3 is 2.75 bits per heavy atom. The van der Waals surface area contributed by atoms with E-state index in [1.54, 1.807) is 19.1 Å². The maximum atomic E-state index is 11.6. The van der Waals surface area contributed by atoms with Gasteiger partial charge in [0.15, 0.2) is 0 Å². The third kappa shape index (κ3) is 1.65. The van der Waals surface area contributed by atoms with Crippen LogP contribution < -0.4 is 5.32 Å². The molecule has 0 saturated heterocycles. The Morgan fingerprint density at radius 1 is 1.44 bits per heavy atom. The van der Waals surface area contributed by atoms with Crippen LogP contribution in [0.1, 0.15) is 5.56 Å². The zero-order valence-electron chi connectivity index (χ0n) is 8.26. The summed E-state index contributed by atoms with van der Waals surface area (Å²) in [5, 5.41) is 11.2. The number of carboxylic acids is 1. The zero-order valence-corrected chi connectivity index (χ0v) is 9.08. The molecule has 0 unspecified atom stereocenters. The van der Waals surface area contributed by atoms with Crippen LogP contribution in [0.25, 0.3) is 0 Å². The molecule has 0 aliphatic carbocycles. The standard InChI is InChI=1S/C9H8N2O4S/c1-5-2-3-7-6(4-5)10-8(9(12)13)11-16(7,14)15/h2-4H,1H3,(H,10,11)(H,12,13). The minimum atomic E-state index is -3.91. The molecule has 6 nitrogen and oxygen atoms in total. The summed E-state index contributed by atoms with van der Waals surface area (Å²) in [4.78, 5) is 10.7. The Morgan fingerprint density at radius 2 is 2.12 bits per heavy atom. The van der Waals surface area contributed by atoms with Crippen molar-refractivity contribution in [2.45, 2.75) is 11.8 Å². The second-order valence-electron chi connectivity index (χ2n) is 3.34. The van der Waals surface area contributed by atoms with Crippen LogP contribution in [0.15, 0.2) is 27.5 Å². The quantitative estimate of drug-likeness (QED) is 0.749. The molecule has 0 spiro atoms. The number of nitrogens with zero attached hydrogens (tertiary/aromatic N) is 1. The summed E-state index contributed by atoms with van der Waals surface area (Å²) in [6.07, 6.45) is 0. The van der Waals surface area contributed by atoms with Gasteiger partial charge in [-0.3, -0.25) is 0 Å². The third-order valence-corrected chi connectivity index (χ3v) is 3.41. The minimum Gasteiger partial charge on any atom is -0.475 e. The van der Waals surface area contributed by atoms with Gasteiger partial charge in [-0.05, 0) is 24.6 Å². The number of hydrogen-bond acceptors (Lipinski definition) is 4. The summed E-state index contributed by atoms with van der Waals surface area (Å²) in [6, 6.07) is 4.58. The first-order valence-corrected chi connectivity index (χ1v) is 5.80. The predicted octanol–water partition coefficient (Wildman–Crippen LogP) is 0.592. The third-order valence-electron chi connectivity index (χ3n) is 2.08. The van der Waals surface area contributed by atoms with Crippen LogP contribution in [0.4, 0.5) is 5.69 Å². The van der Waals surface area contributed by atoms with E-state index in [0.717, 1.165) is 5.56 Å². The van der Waals surface area contributed by atoms with Gasteiger partial charge in [-0.25, -0.2) is 4.79 Å². The van der Waals surface area contributed by atoms with Crippen molar-refractivity contribution in [2.75, 3.05) is 5.32 Å². The summed E-state index contributed by atoms with van der Waals surface area (Å²) in [5.41, 5.74) is 1.07. The van der Waals surface area contributed by atoms with Crippen LogP contribution in [0.3, 0.4) is 0 Å². The lowest BCUT2D eigenvalue weighted by Gasteiger charge is -2.15. The number of sulfonamides is 1. The Balaban J connectivity index is 2.66. The monoisotopic (exact) mass is 240 g/mol. The lowest BCUT2D eigenvalue weighted by atomic mass is 10.2. The molecule has 1 aliphatic heterocycles. The van der Waals surface area contributed by atoms with Gasteiger partial charge in [0.05, 0.1) is 5.69 Å². The summed E-state index contributed by atoms with van der Waals surface area (Å²) < 4.78 is 26.4. The van der Waals surface area contributed by atoms with Crippen LogP contribution in [0, 0.1) is 6.92 Å². The maximum absolute atomic E-state index is 11.6. The van der Waals surface area contributed by atoms with Crippen molar-refractivity contribution in [1.29, 1.82) is 0 Å². The van der Waals surface area contributed by atoms with E-state index in [1.807, 2.05) is 0 Å². The topological polar surface area (TPSA) is 95.8 Å². The number of carboxylic acid groups (broad SMARTS) is 1. The molecule has 0 radical (unpaired) electrons. The highest BCUT2D eigenvalue weighted by Crippen LogP contribution is 2.27. The molecule has 1 aromatic carbocycles. The van der Waals surface area contributed by atoms with Gasteiger partial charge < -0.3 is 10.4 Å². The first-order chi connectivity index (χ1) is 7.40. The van der Waals surface area contributed by atoms with Gasteiger partial charge in [0.1, 0.15) is 4.90 Å². The van der Waals surface area contributed by atoms with Gasteiger partial charge in [-0.15, -0.1) is 4.40 Å². The van der Waals surface area contributed by atoms with Gasteiger partial charge in [0, 0.05) is 0 Å². The Kier molecular flexibility index (Phi) is 2.20. The van der Waals surface area contributed by atoms with E-state index in [0.29, 0.717) is 0 Å². The molecular weight excluding hydrogens is 232 g/mol. The average Bonchev–Trinajstić information content (AvgIpc) is 2.15. The molecule has 1 heterocycles. The number of fused-ring (bicyclic) bond motifs is 1. The van der Waals surface area contributed by atoms with Crippen molar-refractivity contribution in [3.63, 3.8) is 0 Å². The average molecular weight is 240 g/mol. The lowest BCUT2D eigenvalue weighted by molar-refractivity contribution is -0.129. The molecule has 0 saturated carbocycles. The van der Waals surface area contributed by atoms with E-state index in [2.05, 4.69) is 9.71 Å². The number of carbonyl (C=O) groups is 1. The fourth-order valence-electron chi connectivity index (χ4n) is 1.38. The first-order valence-electron chi connectivity index (χ1n) is 4.36. The van der Waals surface area contributed by atoms with Crippen molar-refractivity contribution in [3.8, 4) is 0 Å². The van der Waals surface area contributed by atoms with Crippen LogP contribution >= 0.6 is 0 Å². The number of aliphatic carboxylic acids is 1. The summed E-state index contributed by atoms with van der Waals surface area (Å²) in [5.74, 6) is -1.99. The molecule has 1 aliphatic rings.